The average molecular weight is 388 g/mol. The fraction of sp³-hybridized carbons (Fsp3) is 0.261. The second-order valence-electron chi connectivity index (χ2n) is 7.35. The van der Waals surface area contributed by atoms with E-state index >= 15 is 0 Å². The van der Waals surface area contributed by atoms with Crippen molar-refractivity contribution in [1.29, 1.82) is 10.5 Å². The van der Waals surface area contributed by atoms with Gasteiger partial charge in [-0.15, -0.1) is 0 Å². The molecular formula is C23H24N4O2. The number of anilines is 1. The van der Waals surface area contributed by atoms with Gasteiger partial charge >= 0.3 is 0 Å². The third-order valence-electron chi connectivity index (χ3n) is 4.16. The first-order valence-corrected chi connectivity index (χ1v) is 9.22. The fourth-order valence-corrected chi connectivity index (χ4v) is 2.53. The minimum atomic E-state index is -0.274. The van der Waals surface area contributed by atoms with Gasteiger partial charge in [-0.3, -0.25) is 4.79 Å². The molecular weight excluding hydrogens is 364 g/mol. The van der Waals surface area contributed by atoms with E-state index < -0.39 is 0 Å². The number of carbonyl (C=O) groups excluding carboxylic acids is 1. The van der Waals surface area contributed by atoms with Crippen molar-refractivity contribution in [2.24, 2.45) is 0 Å². The van der Waals surface area contributed by atoms with Crippen molar-refractivity contribution in [3.05, 3.63) is 71.4 Å². The Labute approximate surface area is 171 Å². The molecule has 0 aromatic heterocycles. The molecule has 0 atom stereocenters. The highest BCUT2D eigenvalue weighted by molar-refractivity contribution is 5.99. The molecule has 2 N–H and O–H groups in total. The number of amides is 1. The maximum atomic E-state index is 12.5. The van der Waals surface area contributed by atoms with Crippen LogP contribution in [-0.2, 0) is 5.41 Å². The summed E-state index contributed by atoms with van der Waals surface area (Å²) < 4.78 is 5.69. The molecule has 1 amide bonds. The van der Waals surface area contributed by atoms with E-state index in [4.69, 9.17) is 15.3 Å². The lowest BCUT2D eigenvalue weighted by atomic mass is 9.87. The van der Waals surface area contributed by atoms with Crippen molar-refractivity contribution in [2.45, 2.75) is 26.2 Å². The highest BCUT2D eigenvalue weighted by Crippen LogP contribution is 2.24. The summed E-state index contributed by atoms with van der Waals surface area (Å²) in [6, 6.07) is 18.3. The van der Waals surface area contributed by atoms with Gasteiger partial charge in [0.15, 0.2) is 0 Å². The Balaban J connectivity index is 1.89. The van der Waals surface area contributed by atoms with Crippen LogP contribution in [0.25, 0.3) is 0 Å². The average Bonchev–Trinajstić information content (AvgIpc) is 2.72. The molecule has 0 aliphatic rings. The largest absolute Gasteiger partial charge is 0.492 e. The second kappa shape index (κ2) is 9.96. The Bertz CT molecular complexity index is 942. The molecule has 0 saturated heterocycles. The van der Waals surface area contributed by atoms with Crippen LogP contribution in [0.4, 0.5) is 5.69 Å². The Morgan fingerprint density at radius 3 is 2.34 bits per heavy atom. The second-order valence-corrected chi connectivity index (χ2v) is 7.35. The van der Waals surface area contributed by atoms with Gasteiger partial charge in [0.2, 0.25) is 0 Å². The number of carbonyl (C=O) groups is 1. The number of allylic oxidation sites excluding steroid dienone is 1. The summed E-state index contributed by atoms with van der Waals surface area (Å²) in [7, 11) is 0. The van der Waals surface area contributed by atoms with E-state index in [-0.39, 0.29) is 16.9 Å². The van der Waals surface area contributed by atoms with E-state index in [1.165, 1.54) is 11.8 Å². The van der Waals surface area contributed by atoms with Gasteiger partial charge in [0.1, 0.15) is 30.1 Å². The number of hydrogen-bond donors (Lipinski definition) is 2. The third kappa shape index (κ3) is 6.41. The van der Waals surface area contributed by atoms with Crippen LogP contribution >= 0.6 is 0 Å². The highest BCUT2D eigenvalue weighted by atomic mass is 16.5. The van der Waals surface area contributed by atoms with Gasteiger partial charge in [-0.1, -0.05) is 45.0 Å². The Morgan fingerprint density at radius 1 is 1.07 bits per heavy atom. The molecule has 6 nitrogen and oxygen atoms in total. The van der Waals surface area contributed by atoms with Gasteiger partial charge in [0.25, 0.3) is 5.91 Å². The van der Waals surface area contributed by atoms with E-state index in [0.717, 1.165) is 5.75 Å². The zero-order valence-electron chi connectivity index (χ0n) is 16.8. The number of nitrogens with one attached hydrogen (secondary N) is 2. The maximum absolute atomic E-state index is 12.5. The molecule has 0 bridgehead atoms. The van der Waals surface area contributed by atoms with Crippen LogP contribution in [0.1, 0.15) is 36.7 Å². The van der Waals surface area contributed by atoms with Crippen molar-refractivity contribution in [3.63, 3.8) is 0 Å². The molecule has 0 aliphatic carbocycles. The Morgan fingerprint density at radius 2 is 1.72 bits per heavy atom. The van der Waals surface area contributed by atoms with E-state index in [2.05, 4.69) is 31.4 Å². The minimum Gasteiger partial charge on any atom is -0.492 e. The summed E-state index contributed by atoms with van der Waals surface area (Å²) in [6.45, 7) is 7.14. The lowest BCUT2D eigenvalue weighted by molar-refractivity contribution is 0.0948. The van der Waals surface area contributed by atoms with Gasteiger partial charge in [-0.25, -0.2) is 0 Å². The lowest BCUT2D eigenvalue weighted by Crippen LogP contribution is -2.28. The van der Waals surface area contributed by atoms with Gasteiger partial charge < -0.3 is 15.4 Å². The number of para-hydroxylation sites is 1. The number of benzene rings is 2. The molecule has 0 spiro atoms. The summed E-state index contributed by atoms with van der Waals surface area (Å²) in [5.74, 6) is 0.476. The predicted octanol–water partition coefficient (Wildman–Crippen LogP) is 4.14. The molecule has 0 saturated carbocycles. The summed E-state index contributed by atoms with van der Waals surface area (Å²) >= 11 is 0. The van der Waals surface area contributed by atoms with Crippen molar-refractivity contribution < 1.29 is 9.53 Å². The van der Waals surface area contributed by atoms with Gasteiger partial charge in [-0.2, -0.15) is 10.5 Å². The van der Waals surface area contributed by atoms with Crippen LogP contribution in [0.2, 0.25) is 0 Å². The van der Waals surface area contributed by atoms with Crippen molar-refractivity contribution in [3.8, 4) is 17.9 Å². The van der Waals surface area contributed by atoms with E-state index in [1.54, 1.807) is 36.4 Å². The summed E-state index contributed by atoms with van der Waals surface area (Å²) in [5, 5.41) is 23.2. The summed E-state index contributed by atoms with van der Waals surface area (Å²) in [4.78, 5) is 12.5. The molecule has 29 heavy (non-hydrogen) atoms. The number of hydrogen-bond acceptors (Lipinski definition) is 5. The SMILES string of the molecule is CC(C)(C)c1ccc(OCCNC(=O)c2ccccc2NC=C(C#N)C#N)cc1. The quantitative estimate of drug-likeness (QED) is 0.549. The van der Waals surface area contributed by atoms with E-state index in [1.807, 2.05) is 24.3 Å². The number of nitriles is 2. The third-order valence-corrected chi connectivity index (χ3v) is 4.16. The van der Waals surface area contributed by atoms with Crippen LogP contribution in [0.3, 0.4) is 0 Å². The normalized spacial score (nSPS) is 10.2. The zero-order valence-corrected chi connectivity index (χ0v) is 16.8. The molecule has 0 unspecified atom stereocenters. The molecule has 2 rings (SSSR count). The monoisotopic (exact) mass is 388 g/mol. The molecule has 0 aliphatic heterocycles. The van der Waals surface area contributed by atoms with Crippen molar-refractivity contribution >= 4 is 11.6 Å². The topological polar surface area (TPSA) is 97.9 Å². The van der Waals surface area contributed by atoms with Gasteiger partial charge in [0, 0.05) is 6.20 Å². The van der Waals surface area contributed by atoms with Gasteiger partial charge in [0.05, 0.1) is 17.8 Å². The Kier molecular flexibility index (Phi) is 7.40. The van der Waals surface area contributed by atoms with Crippen molar-refractivity contribution in [2.75, 3.05) is 18.5 Å². The standard InChI is InChI=1S/C23H24N4O2/c1-23(2,3)18-8-10-19(11-9-18)29-13-12-26-22(28)20-6-4-5-7-21(20)27-16-17(14-24)15-25/h4-11,16,27H,12-13H2,1-3H3,(H,26,28). The smallest absolute Gasteiger partial charge is 0.253 e. The van der Waals surface area contributed by atoms with Crippen LogP contribution in [0, 0.1) is 22.7 Å². The maximum Gasteiger partial charge on any atom is 0.253 e. The molecule has 0 heterocycles. The first-order chi connectivity index (χ1) is 13.8. The molecule has 6 heteroatoms. The molecule has 2 aromatic carbocycles. The van der Waals surface area contributed by atoms with Crippen LogP contribution in [0.5, 0.6) is 5.75 Å². The number of nitrogens with zero attached hydrogens (tertiary/aromatic N) is 2. The first kappa shape index (κ1) is 21.5. The molecule has 0 radical (unpaired) electrons. The Hall–Kier alpha value is -3.77. The molecule has 0 fully saturated rings. The lowest BCUT2D eigenvalue weighted by Gasteiger charge is -2.19. The summed E-state index contributed by atoms with van der Waals surface area (Å²) in [5.41, 5.74) is 2.16. The van der Waals surface area contributed by atoms with Crippen LogP contribution in [-0.4, -0.2) is 19.1 Å². The first-order valence-electron chi connectivity index (χ1n) is 9.22. The molecule has 148 valence electrons. The molecule has 2 aromatic rings. The van der Waals surface area contributed by atoms with E-state index in [0.29, 0.717) is 24.4 Å². The minimum absolute atomic E-state index is 0.0777. The summed E-state index contributed by atoms with van der Waals surface area (Å²) in [6.07, 6.45) is 1.27. The predicted molar refractivity (Wildman–Crippen MR) is 112 cm³/mol. The van der Waals surface area contributed by atoms with E-state index in [9.17, 15) is 4.79 Å². The number of rotatable bonds is 7. The van der Waals surface area contributed by atoms with Crippen molar-refractivity contribution in [1.82, 2.24) is 5.32 Å². The fourth-order valence-electron chi connectivity index (χ4n) is 2.53. The van der Waals surface area contributed by atoms with Crippen LogP contribution in [0.15, 0.2) is 60.3 Å². The van der Waals surface area contributed by atoms with Crippen LogP contribution < -0.4 is 15.4 Å². The number of ether oxygens (including phenoxy) is 1. The zero-order chi connectivity index (χ0) is 21.3. The highest BCUT2D eigenvalue weighted by Gasteiger charge is 2.13. The van der Waals surface area contributed by atoms with Gasteiger partial charge in [-0.05, 0) is 35.2 Å².